The first-order valence-electron chi connectivity index (χ1n) is 6.33. The lowest BCUT2D eigenvalue weighted by molar-refractivity contribution is 0.0951. The molecular formula is C13H19N5O. The van der Waals surface area contributed by atoms with Crippen molar-refractivity contribution < 1.29 is 4.79 Å². The van der Waals surface area contributed by atoms with Gasteiger partial charge in [0.2, 0.25) is 0 Å². The molecule has 0 aliphatic rings. The first-order chi connectivity index (χ1) is 9.09. The fourth-order valence-electron chi connectivity index (χ4n) is 2.07. The average molecular weight is 261 g/mol. The molecule has 2 aromatic rings. The molecule has 0 fully saturated rings. The number of imidazole rings is 1. The van der Waals surface area contributed by atoms with Crippen molar-refractivity contribution in [1.82, 2.24) is 24.6 Å². The molecule has 0 aliphatic carbocycles. The van der Waals surface area contributed by atoms with Crippen molar-refractivity contribution >= 4 is 5.91 Å². The summed E-state index contributed by atoms with van der Waals surface area (Å²) >= 11 is 0. The lowest BCUT2D eigenvalue weighted by atomic mass is 10.2. The second-order valence-corrected chi connectivity index (χ2v) is 4.58. The van der Waals surface area contributed by atoms with E-state index < -0.39 is 0 Å². The summed E-state index contributed by atoms with van der Waals surface area (Å²) < 4.78 is 3.72. The van der Waals surface area contributed by atoms with E-state index in [-0.39, 0.29) is 5.91 Å². The SMILES string of the molecule is Cc1nn(C)c(C)c1C(=O)NCCCn1ccnc1. The van der Waals surface area contributed by atoms with E-state index in [1.54, 1.807) is 17.2 Å². The second-order valence-electron chi connectivity index (χ2n) is 4.58. The predicted octanol–water partition coefficient (Wildman–Crippen LogP) is 1.05. The summed E-state index contributed by atoms with van der Waals surface area (Å²) in [6.45, 7) is 5.25. The van der Waals surface area contributed by atoms with E-state index in [0.717, 1.165) is 24.4 Å². The van der Waals surface area contributed by atoms with Crippen LogP contribution in [0.5, 0.6) is 0 Å². The van der Waals surface area contributed by atoms with E-state index in [4.69, 9.17) is 0 Å². The van der Waals surface area contributed by atoms with Crippen molar-refractivity contribution in [1.29, 1.82) is 0 Å². The van der Waals surface area contributed by atoms with E-state index in [1.807, 2.05) is 31.7 Å². The highest BCUT2D eigenvalue weighted by Crippen LogP contribution is 2.11. The Bertz CT molecular complexity index is 556. The molecule has 0 saturated heterocycles. The highest BCUT2D eigenvalue weighted by molar-refractivity contribution is 5.96. The third kappa shape index (κ3) is 3.01. The maximum atomic E-state index is 12.1. The molecule has 2 aromatic heterocycles. The molecule has 1 N–H and O–H groups in total. The van der Waals surface area contributed by atoms with Gasteiger partial charge in [0.05, 0.1) is 17.6 Å². The topological polar surface area (TPSA) is 64.7 Å². The maximum Gasteiger partial charge on any atom is 0.255 e. The van der Waals surface area contributed by atoms with Gasteiger partial charge in [-0.2, -0.15) is 5.10 Å². The van der Waals surface area contributed by atoms with Crippen molar-refractivity contribution in [2.75, 3.05) is 6.54 Å². The van der Waals surface area contributed by atoms with Gasteiger partial charge in [-0.25, -0.2) is 4.98 Å². The molecule has 0 atom stereocenters. The van der Waals surface area contributed by atoms with Crippen LogP contribution >= 0.6 is 0 Å². The van der Waals surface area contributed by atoms with Crippen molar-refractivity contribution in [3.63, 3.8) is 0 Å². The van der Waals surface area contributed by atoms with Crippen LogP contribution in [0, 0.1) is 13.8 Å². The van der Waals surface area contributed by atoms with Crippen molar-refractivity contribution in [3.8, 4) is 0 Å². The zero-order valence-electron chi connectivity index (χ0n) is 11.6. The van der Waals surface area contributed by atoms with E-state index >= 15 is 0 Å². The van der Waals surface area contributed by atoms with Gasteiger partial charge in [0.25, 0.3) is 5.91 Å². The predicted molar refractivity (Wildman–Crippen MR) is 71.9 cm³/mol. The first kappa shape index (κ1) is 13.3. The van der Waals surface area contributed by atoms with Crippen molar-refractivity contribution in [2.45, 2.75) is 26.8 Å². The van der Waals surface area contributed by atoms with Crippen LogP contribution in [0.25, 0.3) is 0 Å². The third-order valence-corrected chi connectivity index (χ3v) is 3.17. The number of hydrogen-bond donors (Lipinski definition) is 1. The summed E-state index contributed by atoms with van der Waals surface area (Å²) in [5.41, 5.74) is 2.35. The lowest BCUT2D eigenvalue weighted by Crippen LogP contribution is -2.26. The number of aryl methyl sites for hydroxylation is 3. The zero-order chi connectivity index (χ0) is 13.8. The van der Waals surface area contributed by atoms with Crippen LogP contribution in [0.15, 0.2) is 18.7 Å². The summed E-state index contributed by atoms with van der Waals surface area (Å²) in [6, 6.07) is 0. The number of amides is 1. The quantitative estimate of drug-likeness (QED) is 0.818. The zero-order valence-corrected chi connectivity index (χ0v) is 11.6. The van der Waals surface area contributed by atoms with E-state index in [0.29, 0.717) is 12.1 Å². The second kappa shape index (κ2) is 5.69. The Morgan fingerprint density at radius 1 is 1.42 bits per heavy atom. The number of carbonyl (C=O) groups is 1. The molecular weight excluding hydrogens is 242 g/mol. The van der Waals surface area contributed by atoms with E-state index in [2.05, 4.69) is 15.4 Å². The van der Waals surface area contributed by atoms with Crippen molar-refractivity contribution in [3.05, 3.63) is 35.7 Å². The third-order valence-electron chi connectivity index (χ3n) is 3.17. The Morgan fingerprint density at radius 2 is 2.21 bits per heavy atom. The van der Waals surface area contributed by atoms with Crippen LogP contribution in [0.1, 0.15) is 28.2 Å². The molecule has 0 spiro atoms. The monoisotopic (exact) mass is 261 g/mol. The minimum atomic E-state index is -0.0475. The van der Waals surface area contributed by atoms with Gasteiger partial charge in [-0.15, -0.1) is 0 Å². The van der Waals surface area contributed by atoms with Gasteiger partial charge < -0.3 is 9.88 Å². The summed E-state index contributed by atoms with van der Waals surface area (Å²) in [5.74, 6) is -0.0475. The molecule has 0 aliphatic heterocycles. The minimum Gasteiger partial charge on any atom is -0.352 e. The van der Waals surface area contributed by atoms with Crippen LogP contribution in [0.4, 0.5) is 0 Å². The molecule has 0 aromatic carbocycles. The fraction of sp³-hybridized carbons (Fsp3) is 0.462. The number of hydrogen-bond acceptors (Lipinski definition) is 3. The largest absolute Gasteiger partial charge is 0.352 e. The van der Waals surface area contributed by atoms with Crippen LogP contribution in [0.3, 0.4) is 0 Å². The Balaban J connectivity index is 1.84. The molecule has 102 valence electrons. The smallest absolute Gasteiger partial charge is 0.255 e. The Labute approximate surface area is 112 Å². The molecule has 2 heterocycles. The number of carbonyl (C=O) groups excluding carboxylic acids is 1. The molecule has 1 amide bonds. The molecule has 0 unspecified atom stereocenters. The molecule has 0 saturated carbocycles. The Hall–Kier alpha value is -2.11. The Morgan fingerprint density at radius 3 is 2.79 bits per heavy atom. The molecule has 0 radical (unpaired) electrons. The van der Waals surface area contributed by atoms with Crippen molar-refractivity contribution in [2.24, 2.45) is 7.05 Å². The average Bonchev–Trinajstić information content (AvgIpc) is 2.95. The van der Waals surface area contributed by atoms with Gasteiger partial charge in [-0.3, -0.25) is 9.48 Å². The van der Waals surface area contributed by atoms with Gasteiger partial charge in [-0.05, 0) is 20.3 Å². The number of rotatable bonds is 5. The summed E-state index contributed by atoms with van der Waals surface area (Å²) in [4.78, 5) is 16.1. The minimum absolute atomic E-state index is 0.0475. The summed E-state index contributed by atoms with van der Waals surface area (Å²) in [5, 5.41) is 7.17. The summed E-state index contributed by atoms with van der Waals surface area (Å²) in [7, 11) is 1.85. The van der Waals surface area contributed by atoms with E-state index in [9.17, 15) is 4.79 Å². The van der Waals surface area contributed by atoms with Gasteiger partial charge in [-0.1, -0.05) is 0 Å². The van der Waals surface area contributed by atoms with Crippen LogP contribution in [-0.4, -0.2) is 31.8 Å². The van der Waals surface area contributed by atoms with E-state index in [1.165, 1.54) is 0 Å². The number of nitrogens with one attached hydrogen (secondary N) is 1. The molecule has 6 nitrogen and oxygen atoms in total. The standard InChI is InChI=1S/C13H19N5O/c1-10-12(11(2)17(3)16-10)13(19)15-5-4-7-18-8-6-14-9-18/h6,8-9H,4-5,7H2,1-3H3,(H,15,19). The fourth-order valence-corrected chi connectivity index (χ4v) is 2.07. The maximum absolute atomic E-state index is 12.1. The normalized spacial score (nSPS) is 10.7. The number of nitrogens with zero attached hydrogens (tertiary/aromatic N) is 4. The van der Waals surface area contributed by atoms with Gasteiger partial charge in [0.1, 0.15) is 0 Å². The highest BCUT2D eigenvalue weighted by atomic mass is 16.1. The molecule has 2 rings (SSSR count). The molecule has 6 heteroatoms. The Kier molecular flexibility index (Phi) is 3.99. The van der Waals surface area contributed by atoms with Crippen LogP contribution < -0.4 is 5.32 Å². The molecule has 19 heavy (non-hydrogen) atoms. The number of aromatic nitrogens is 4. The lowest BCUT2D eigenvalue weighted by Gasteiger charge is -2.06. The summed E-state index contributed by atoms with van der Waals surface area (Å²) in [6.07, 6.45) is 6.32. The highest BCUT2D eigenvalue weighted by Gasteiger charge is 2.16. The first-order valence-corrected chi connectivity index (χ1v) is 6.33. The molecule has 0 bridgehead atoms. The van der Waals surface area contributed by atoms with Gasteiger partial charge >= 0.3 is 0 Å². The van der Waals surface area contributed by atoms with Crippen LogP contribution in [-0.2, 0) is 13.6 Å². The van der Waals surface area contributed by atoms with Gasteiger partial charge in [0.15, 0.2) is 0 Å². The van der Waals surface area contributed by atoms with Gasteiger partial charge in [0, 0.05) is 38.2 Å². The van der Waals surface area contributed by atoms with Crippen LogP contribution in [0.2, 0.25) is 0 Å².